The van der Waals surface area contributed by atoms with Crippen molar-refractivity contribution >= 4 is 12.4 Å². The van der Waals surface area contributed by atoms with Crippen LogP contribution in [0.4, 0.5) is 0 Å². The van der Waals surface area contributed by atoms with Gasteiger partial charge in [-0.05, 0) is 31.5 Å². The number of nitrogens with zero attached hydrogens (tertiary/aromatic N) is 1. The van der Waals surface area contributed by atoms with Crippen molar-refractivity contribution in [3.63, 3.8) is 0 Å². The summed E-state index contributed by atoms with van der Waals surface area (Å²) in [6.07, 6.45) is 4.86. The lowest BCUT2D eigenvalue weighted by Crippen LogP contribution is -2.12. The molecule has 0 fully saturated rings. The molecule has 4 N–H and O–H groups in total. The van der Waals surface area contributed by atoms with Crippen molar-refractivity contribution < 1.29 is 0 Å². The van der Waals surface area contributed by atoms with Crippen molar-refractivity contribution in [1.29, 1.82) is 0 Å². The number of hydrogen-bond acceptors (Lipinski definition) is 3. The summed E-state index contributed by atoms with van der Waals surface area (Å²) < 4.78 is 0. The molecule has 1 heterocycles. The van der Waals surface area contributed by atoms with Gasteiger partial charge in [-0.3, -0.25) is 4.98 Å². The van der Waals surface area contributed by atoms with Gasteiger partial charge < -0.3 is 11.5 Å². The number of hydrogen-bond donors (Lipinski definition) is 2. The maximum absolute atomic E-state index is 5.93. The Morgan fingerprint density at radius 1 is 1.29 bits per heavy atom. The van der Waals surface area contributed by atoms with Gasteiger partial charge in [-0.1, -0.05) is 12.5 Å². The van der Waals surface area contributed by atoms with Crippen molar-refractivity contribution in [3.8, 4) is 0 Å². The Kier molecular flexibility index (Phi) is 7.38. The molecule has 80 valence electrons. The first-order valence-electron chi connectivity index (χ1n) is 4.71. The number of nitrogens with two attached hydrogens (primary N) is 2. The fraction of sp³-hybridized carbons (Fsp3) is 0.500. The number of rotatable bonds is 5. The zero-order valence-corrected chi connectivity index (χ0v) is 9.04. The van der Waals surface area contributed by atoms with Crippen LogP contribution >= 0.6 is 12.4 Å². The van der Waals surface area contributed by atoms with Gasteiger partial charge in [-0.15, -0.1) is 12.4 Å². The van der Waals surface area contributed by atoms with Crippen LogP contribution < -0.4 is 11.5 Å². The molecular formula is C10H18ClN3. The van der Waals surface area contributed by atoms with Crippen molar-refractivity contribution in [2.45, 2.75) is 25.3 Å². The third-order valence-corrected chi connectivity index (χ3v) is 2.04. The summed E-state index contributed by atoms with van der Waals surface area (Å²) >= 11 is 0. The molecule has 0 aliphatic carbocycles. The number of aromatic nitrogens is 1. The van der Waals surface area contributed by atoms with Gasteiger partial charge >= 0.3 is 0 Å². The van der Waals surface area contributed by atoms with Gasteiger partial charge in [0.05, 0.1) is 5.69 Å². The van der Waals surface area contributed by atoms with Gasteiger partial charge in [0, 0.05) is 12.2 Å². The van der Waals surface area contributed by atoms with E-state index in [1.807, 2.05) is 18.2 Å². The second kappa shape index (κ2) is 7.74. The molecule has 0 amide bonds. The smallest absolute Gasteiger partial charge is 0.0570 e. The second-order valence-electron chi connectivity index (χ2n) is 3.15. The predicted octanol–water partition coefficient (Wildman–Crippen LogP) is 1.63. The lowest BCUT2D eigenvalue weighted by molar-refractivity contribution is 0.579. The van der Waals surface area contributed by atoms with Crippen LogP contribution in [0.2, 0.25) is 0 Å². The first kappa shape index (κ1) is 13.4. The van der Waals surface area contributed by atoms with Crippen molar-refractivity contribution in [3.05, 3.63) is 30.1 Å². The molecule has 0 aliphatic rings. The highest BCUT2D eigenvalue weighted by molar-refractivity contribution is 5.85. The van der Waals surface area contributed by atoms with Crippen molar-refractivity contribution in [2.24, 2.45) is 11.5 Å². The Morgan fingerprint density at radius 3 is 2.64 bits per heavy atom. The van der Waals surface area contributed by atoms with Crippen LogP contribution in [0, 0.1) is 0 Å². The Balaban J connectivity index is 0.00000169. The SMILES string of the molecule is Cl.NCCCC[C@@H](N)c1ccccn1. The maximum atomic E-state index is 5.93. The van der Waals surface area contributed by atoms with Gasteiger partial charge in [0.25, 0.3) is 0 Å². The number of halogens is 1. The van der Waals surface area contributed by atoms with E-state index in [2.05, 4.69) is 4.98 Å². The molecule has 1 rings (SSSR count). The summed E-state index contributed by atoms with van der Waals surface area (Å²) in [6.45, 7) is 0.745. The summed E-state index contributed by atoms with van der Waals surface area (Å²) in [4.78, 5) is 4.20. The van der Waals surface area contributed by atoms with E-state index in [1.165, 1.54) is 0 Å². The first-order chi connectivity index (χ1) is 6.34. The van der Waals surface area contributed by atoms with E-state index in [0.717, 1.165) is 31.5 Å². The van der Waals surface area contributed by atoms with E-state index in [0.29, 0.717) is 0 Å². The highest BCUT2D eigenvalue weighted by Gasteiger charge is 2.04. The summed E-state index contributed by atoms with van der Waals surface area (Å²) in [5, 5.41) is 0. The Hall–Kier alpha value is -0.640. The minimum atomic E-state index is 0. The summed E-state index contributed by atoms with van der Waals surface area (Å²) in [7, 11) is 0. The van der Waals surface area contributed by atoms with Gasteiger partial charge in [-0.25, -0.2) is 0 Å². The molecule has 1 aromatic heterocycles. The molecule has 0 aromatic carbocycles. The molecule has 1 atom stereocenters. The summed E-state index contributed by atoms with van der Waals surface area (Å²) in [6, 6.07) is 5.89. The first-order valence-corrected chi connectivity index (χ1v) is 4.71. The molecule has 0 spiro atoms. The van der Waals surface area contributed by atoms with Gasteiger partial charge in [-0.2, -0.15) is 0 Å². The fourth-order valence-electron chi connectivity index (χ4n) is 1.25. The minimum Gasteiger partial charge on any atom is -0.330 e. The van der Waals surface area contributed by atoms with E-state index in [-0.39, 0.29) is 18.4 Å². The quantitative estimate of drug-likeness (QED) is 0.734. The molecule has 3 nitrogen and oxygen atoms in total. The molecule has 1 aromatic rings. The third-order valence-electron chi connectivity index (χ3n) is 2.04. The van der Waals surface area contributed by atoms with Crippen LogP contribution in [0.25, 0.3) is 0 Å². The molecule has 14 heavy (non-hydrogen) atoms. The van der Waals surface area contributed by atoms with E-state index < -0.39 is 0 Å². The van der Waals surface area contributed by atoms with Gasteiger partial charge in [0.2, 0.25) is 0 Å². The zero-order chi connectivity index (χ0) is 9.52. The Bertz CT molecular complexity index is 228. The van der Waals surface area contributed by atoms with Gasteiger partial charge in [0.1, 0.15) is 0 Å². The molecule has 0 saturated heterocycles. The van der Waals surface area contributed by atoms with Gasteiger partial charge in [0.15, 0.2) is 0 Å². The third kappa shape index (κ3) is 4.56. The Morgan fingerprint density at radius 2 is 2.07 bits per heavy atom. The Labute approximate surface area is 91.3 Å². The molecule has 0 radical (unpaired) electrons. The fourth-order valence-corrected chi connectivity index (χ4v) is 1.25. The lowest BCUT2D eigenvalue weighted by Gasteiger charge is -2.09. The zero-order valence-electron chi connectivity index (χ0n) is 8.23. The van der Waals surface area contributed by atoms with Crippen LogP contribution in [0.15, 0.2) is 24.4 Å². The minimum absolute atomic E-state index is 0. The molecule has 4 heteroatoms. The summed E-state index contributed by atoms with van der Waals surface area (Å²) in [5.41, 5.74) is 12.3. The lowest BCUT2D eigenvalue weighted by atomic mass is 10.1. The number of pyridine rings is 1. The van der Waals surface area contributed by atoms with E-state index in [1.54, 1.807) is 6.20 Å². The molecule has 0 bridgehead atoms. The highest BCUT2D eigenvalue weighted by atomic mass is 35.5. The van der Waals surface area contributed by atoms with Crippen LogP contribution in [0.3, 0.4) is 0 Å². The molecule has 0 saturated carbocycles. The van der Waals surface area contributed by atoms with Crippen LogP contribution in [0.5, 0.6) is 0 Å². The van der Waals surface area contributed by atoms with Crippen LogP contribution in [0.1, 0.15) is 31.0 Å². The van der Waals surface area contributed by atoms with Crippen molar-refractivity contribution in [1.82, 2.24) is 4.98 Å². The molecule has 0 unspecified atom stereocenters. The normalized spacial score (nSPS) is 11.9. The largest absolute Gasteiger partial charge is 0.330 e. The van der Waals surface area contributed by atoms with Crippen LogP contribution in [-0.4, -0.2) is 11.5 Å². The number of unbranched alkanes of at least 4 members (excludes halogenated alkanes) is 1. The standard InChI is InChI=1S/C10H17N3.ClH/c11-7-3-1-5-9(12)10-6-2-4-8-13-10;/h2,4,6,8-9H,1,3,5,7,11-12H2;1H/t9-;/m1./s1. The monoisotopic (exact) mass is 215 g/mol. The van der Waals surface area contributed by atoms with Crippen LogP contribution in [-0.2, 0) is 0 Å². The summed E-state index contributed by atoms with van der Waals surface area (Å²) in [5.74, 6) is 0. The van der Waals surface area contributed by atoms with E-state index in [4.69, 9.17) is 11.5 Å². The predicted molar refractivity (Wildman–Crippen MR) is 61.3 cm³/mol. The van der Waals surface area contributed by atoms with E-state index >= 15 is 0 Å². The maximum Gasteiger partial charge on any atom is 0.0570 e. The molecule has 0 aliphatic heterocycles. The molecular weight excluding hydrogens is 198 g/mol. The topological polar surface area (TPSA) is 64.9 Å². The average Bonchev–Trinajstić information content (AvgIpc) is 2.19. The van der Waals surface area contributed by atoms with E-state index in [9.17, 15) is 0 Å². The average molecular weight is 216 g/mol. The second-order valence-corrected chi connectivity index (χ2v) is 3.15. The highest BCUT2D eigenvalue weighted by Crippen LogP contribution is 2.13. The van der Waals surface area contributed by atoms with Crippen molar-refractivity contribution in [2.75, 3.05) is 6.54 Å².